The Hall–Kier alpha value is -2.06. The molecule has 2 heteroatoms. The molecule has 110 valence electrons. The summed E-state index contributed by atoms with van der Waals surface area (Å²) in [6.07, 6.45) is 4.14. The zero-order valence-corrected chi connectivity index (χ0v) is 12.8. The van der Waals surface area contributed by atoms with E-state index in [9.17, 15) is 0 Å². The Balaban J connectivity index is 2.09. The molecule has 0 saturated carbocycles. The van der Waals surface area contributed by atoms with Crippen LogP contribution in [0.2, 0.25) is 0 Å². The normalized spacial score (nSPS) is 11.8. The van der Waals surface area contributed by atoms with E-state index >= 15 is 0 Å². The number of nitrogens with two attached hydrogens (primary N) is 1. The van der Waals surface area contributed by atoms with Crippen LogP contribution in [0.5, 0.6) is 5.75 Å². The summed E-state index contributed by atoms with van der Waals surface area (Å²) >= 11 is 0. The standard InChI is InChI=1S/C19H23NO/c1-19(2,12-7-13-20)17-10-6-11-18(14-17)21-15-16-8-4-3-5-9-16/h3-12,14H,13,15,20H2,1-2H3. The maximum atomic E-state index is 5.88. The van der Waals surface area contributed by atoms with Crippen LogP contribution in [-0.2, 0) is 12.0 Å². The lowest BCUT2D eigenvalue weighted by Gasteiger charge is -2.21. The molecule has 0 aliphatic rings. The van der Waals surface area contributed by atoms with Crippen LogP contribution in [-0.4, -0.2) is 6.54 Å². The van der Waals surface area contributed by atoms with E-state index in [-0.39, 0.29) is 5.41 Å². The second kappa shape index (κ2) is 7.09. The SMILES string of the molecule is CC(C)(C=CCN)c1cccc(OCc2ccccc2)c1. The average molecular weight is 281 g/mol. The zero-order valence-electron chi connectivity index (χ0n) is 12.8. The monoisotopic (exact) mass is 281 g/mol. The number of hydrogen-bond donors (Lipinski definition) is 1. The highest BCUT2D eigenvalue weighted by atomic mass is 16.5. The van der Waals surface area contributed by atoms with Gasteiger partial charge in [-0.25, -0.2) is 0 Å². The van der Waals surface area contributed by atoms with Gasteiger partial charge in [0.1, 0.15) is 12.4 Å². The van der Waals surface area contributed by atoms with Gasteiger partial charge in [0.05, 0.1) is 0 Å². The Morgan fingerprint density at radius 1 is 1.05 bits per heavy atom. The average Bonchev–Trinajstić information content (AvgIpc) is 2.52. The number of rotatable bonds is 6. The molecule has 2 aromatic rings. The highest BCUT2D eigenvalue weighted by Gasteiger charge is 2.17. The molecule has 0 bridgehead atoms. The minimum atomic E-state index is -0.0501. The summed E-state index contributed by atoms with van der Waals surface area (Å²) in [6.45, 7) is 5.50. The smallest absolute Gasteiger partial charge is 0.120 e. The van der Waals surface area contributed by atoms with Gasteiger partial charge >= 0.3 is 0 Å². The highest BCUT2D eigenvalue weighted by Crippen LogP contribution is 2.28. The van der Waals surface area contributed by atoms with Gasteiger partial charge in [0, 0.05) is 12.0 Å². The highest BCUT2D eigenvalue weighted by molar-refractivity contribution is 5.36. The minimum Gasteiger partial charge on any atom is -0.489 e. The van der Waals surface area contributed by atoms with Crippen LogP contribution in [0.25, 0.3) is 0 Å². The Labute approximate surface area is 127 Å². The fourth-order valence-electron chi connectivity index (χ4n) is 2.19. The predicted molar refractivity (Wildman–Crippen MR) is 88.4 cm³/mol. The van der Waals surface area contributed by atoms with Crippen molar-refractivity contribution >= 4 is 0 Å². The van der Waals surface area contributed by atoms with Gasteiger partial charge in [0.15, 0.2) is 0 Å². The first-order valence-electron chi connectivity index (χ1n) is 7.27. The van der Waals surface area contributed by atoms with E-state index in [1.165, 1.54) is 11.1 Å². The van der Waals surface area contributed by atoms with E-state index in [0.717, 1.165) is 5.75 Å². The van der Waals surface area contributed by atoms with E-state index in [2.05, 4.69) is 44.2 Å². The summed E-state index contributed by atoms with van der Waals surface area (Å²) in [5.74, 6) is 0.894. The molecule has 0 saturated heterocycles. The van der Waals surface area contributed by atoms with Gasteiger partial charge in [0.2, 0.25) is 0 Å². The van der Waals surface area contributed by atoms with Crippen LogP contribution in [0.3, 0.4) is 0 Å². The summed E-state index contributed by atoms with van der Waals surface area (Å²) in [4.78, 5) is 0. The molecular formula is C19H23NO. The van der Waals surface area contributed by atoms with Crippen LogP contribution < -0.4 is 10.5 Å². The van der Waals surface area contributed by atoms with Crippen LogP contribution in [0.4, 0.5) is 0 Å². The van der Waals surface area contributed by atoms with Crippen LogP contribution >= 0.6 is 0 Å². The Morgan fingerprint density at radius 3 is 2.52 bits per heavy atom. The lowest BCUT2D eigenvalue weighted by atomic mass is 9.84. The largest absolute Gasteiger partial charge is 0.489 e. The first-order valence-corrected chi connectivity index (χ1v) is 7.27. The van der Waals surface area contributed by atoms with Crippen LogP contribution in [0, 0.1) is 0 Å². The minimum absolute atomic E-state index is 0.0501. The summed E-state index contributed by atoms with van der Waals surface area (Å²) in [5.41, 5.74) is 7.89. The van der Waals surface area contributed by atoms with Gasteiger partial charge in [-0.1, -0.05) is 68.5 Å². The first kappa shape index (κ1) is 15.3. The first-order chi connectivity index (χ1) is 10.1. The van der Waals surface area contributed by atoms with Crippen LogP contribution in [0.1, 0.15) is 25.0 Å². The Bertz CT molecular complexity index is 588. The molecule has 0 heterocycles. The fraction of sp³-hybridized carbons (Fsp3) is 0.263. The molecule has 0 unspecified atom stereocenters. The van der Waals surface area contributed by atoms with E-state index in [4.69, 9.17) is 10.5 Å². The van der Waals surface area contributed by atoms with E-state index in [1.54, 1.807) is 0 Å². The molecule has 0 fully saturated rings. The predicted octanol–water partition coefficient (Wildman–Crippen LogP) is 4.06. The van der Waals surface area contributed by atoms with Crippen molar-refractivity contribution < 1.29 is 4.74 Å². The van der Waals surface area contributed by atoms with Crippen LogP contribution in [0.15, 0.2) is 66.7 Å². The second-order valence-corrected chi connectivity index (χ2v) is 5.66. The molecule has 2 nitrogen and oxygen atoms in total. The molecule has 0 amide bonds. The lowest BCUT2D eigenvalue weighted by Crippen LogP contribution is -2.14. The van der Waals surface area contributed by atoms with Crippen molar-refractivity contribution in [2.45, 2.75) is 25.9 Å². The molecule has 0 spiro atoms. The molecule has 2 rings (SSSR count). The maximum Gasteiger partial charge on any atom is 0.120 e. The Kier molecular flexibility index (Phi) is 5.18. The van der Waals surface area contributed by atoms with Crippen molar-refractivity contribution in [2.75, 3.05) is 6.54 Å². The van der Waals surface area contributed by atoms with Crippen molar-refractivity contribution in [3.8, 4) is 5.75 Å². The van der Waals surface area contributed by atoms with Crippen molar-refractivity contribution in [1.82, 2.24) is 0 Å². The van der Waals surface area contributed by atoms with Gasteiger partial charge in [0.25, 0.3) is 0 Å². The second-order valence-electron chi connectivity index (χ2n) is 5.66. The summed E-state index contributed by atoms with van der Waals surface area (Å²) in [5, 5.41) is 0. The van der Waals surface area contributed by atoms with Gasteiger partial charge in [-0.3, -0.25) is 0 Å². The maximum absolute atomic E-state index is 5.88. The molecule has 0 aliphatic carbocycles. The molecular weight excluding hydrogens is 258 g/mol. The van der Waals surface area contributed by atoms with Crippen molar-refractivity contribution in [2.24, 2.45) is 5.73 Å². The molecule has 21 heavy (non-hydrogen) atoms. The van der Waals surface area contributed by atoms with E-state index < -0.39 is 0 Å². The third-order valence-corrected chi connectivity index (χ3v) is 3.50. The van der Waals surface area contributed by atoms with Gasteiger partial charge in [-0.15, -0.1) is 0 Å². The van der Waals surface area contributed by atoms with E-state index in [0.29, 0.717) is 13.2 Å². The fourth-order valence-corrected chi connectivity index (χ4v) is 2.19. The van der Waals surface area contributed by atoms with Crippen molar-refractivity contribution in [3.05, 3.63) is 77.9 Å². The third kappa shape index (κ3) is 4.47. The quantitative estimate of drug-likeness (QED) is 0.810. The van der Waals surface area contributed by atoms with Gasteiger partial charge < -0.3 is 10.5 Å². The number of ether oxygens (including phenoxy) is 1. The lowest BCUT2D eigenvalue weighted by molar-refractivity contribution is 0.305. The van der Waals surface area contributed by atoms with Gasteiger partial charge in [-0.2, -0.15) is 0 Å². The number of benzene rings is 2. The topological polar surface area (TPSA) is 35.2 Å². The summed E-state index contributed by atoms with van der Waals surface area (Å²) < 4.78 is 5.88. The number of allylic oxidation sites excluding steroid dienone is 1. The third-order valence-electron chi connectivity index (χ3n) is 3.50. The van der Waals surface area contributed by atoms with Crippen molar-refractivity contribution in [3.63, 3.8) is 0 Å². The summed E-state index contributed by atoms with van der Waals surface area (Å²) in [6, 6.07) is 18.4. The molecule has 0 atom stereocenters. The molecule has 0 aliphatic heterocycles. The summed E-state index contributed by atoms with van der Waals surface area (Å²) in [7, 11) is 0. The zero-order chi connectivity index (χ0) is 15.1. The molecule has 0 aromatic heterocycles. The molecule has 2 N–H and O–H groups in total. The molecule has 2 aromatic carbocycles. The van der Waals surface area contributed by atoms with E-state index in [1.807, 2.05) is 36.4 Å². The Morgan fingerprint density at radius 2 is 1.81 bits per heavy atom. The van der Waals surface area contributed by atoms with Gasteiger partial charge in [-0.05, 0) is 23.3 Å². The number of hydrogen-bond acceptors (Lipinski definition) is 2. The van der Waals surface area contributed by atoms with Crippen molar-refractivity contribution in [1.29, 1.82) is 0 Å². The molecule has 0 radical (unpaired) electrons.